The molecule has 4 heteroatoms. The first-order valence-corrected chi connectivity index (χ1v) is 8.35. The number of carbonyl (C=O) groups excluding carboxylic acids is 1. The van der Waals surface area contributed by atoms with Crippen molar-refractivity contribution in [1.29, 1.82) is 0 Å². The Bertz CT molecular complexity index is 612. The number of hydrogen-bond acceptors (Lipinski definition) is 3. The highest BCUT2D eigenvalue weighted by atomic mass is 16.6. The van der Waals surface area contributed by atoms with Gasteiger partial charge in [-0.05, 0) is 69.7 Å². The number of phenolic OH excluding ortho intramolecular Hbond substituents is 1. The Labute approximate surface area is 137 Å². The SMILES string of the molecule is CC(C)(C)OC(=O)N1C2C=C(c3ccc(O)cc3)CC1CCC2. The second kappa shape index (κ2) is 5.91. The van der Waals surface area contributed by atoms with Crippen molar-refractivity contribution in [2.75, 3.05) is 0 Å². The fourth-order valence-corrected chi connectivity index (χ4v) is 3.52. The summed E-state index contributed by atoms with van der Waals surface area (Å²) in [6.45, 7) is 5.72. The Morgan fingerprint density at radius 1 is 1.22 bits per heavy atom. The standard InChI is InChI=1S/C19H25NO3/c1-19(2,3)23-18(22)20-15-5-4-6-16(20)12-14(11-15)13-7-9-17(21)10-8-13/h7-11,15-16,21H,4-6,12H2,1-3H3. The molecule has 1 aromatic carbocycles. The molecule has 2 unspecified atom stereocenters. The third-order valence-electron chi connectivity index (χ3n) is 4.48. The predicted octanol–water partition coefficient (Wildman–Crippen LogP) is 4.34. The smallest absolute Gasteiger partial charge is 0.411 e. The zero-order valence-corrected chi connectivity index (χ0v) is 14.1. The summed E-state index contributed by atoms with van der Waals surface area (Å²) >= 11 is 0. The van der Waals surface area contributed by atoms with Crippen LogP contribution in [0.1, 0.15) is 52.0 Å². The van der Waals surface area contributed by atoms with Gasteiger partial charge in [-0.1, -0.05) is 18.2 Å². The molecule has 4 nitrogen and oxygen atoms in total. The van der Waals surface area contributed by atoms with E-state index in [-0.39, 0.29) is 23.9 Å². The average molecular weight is 315 g/mol. The molecule has 1 fully saturated rings. The van der Waals surface area contributed by atoms with Crippen LogP contribution in [0.4, 0.5) is 4.79 Å². The molecule has 2 aliphatic heterocycles. The van der Waals surface area contributed by atoms with Gasteiger partial charge in [-0.15, -0.1) is 0 Å². The van der Waals surface area contributed by atoms with E-state index in [1.165, 1.54) is 5.57 Å². The maximum Gasteiger partial charge on any atom is 0.411 e. The number of piperidine rings is 1. The Morgan fingerprint density at radius 3 is 2.52 bits per heavy atom. The lowest BCUT2D eigenvalue weighted by molar-refractivity contribution is 0.0000862. The van der Waals surface area contributed by atoms with Gasteiger partial charge in [0, 0.05) is 6.04 Å². The van der Waals surface area contributed by atoms with E-state index in [2.05, 4.69) is 6.08 Å². The summed E-state index contributed by atoms with van der Waals surface area (Å²) in [7, 11) is 0. The predicted molar refractivity (Wildman–Crippen MR) is 90.2 cm³/mol. The van der Waals surface area contributed by atoms with E-state index in [0.717, 1.165) is 31.2 Å². The summed E-state index contributed by atoms with van der Waals surface area (Å²) in [6, 6.07) is 7.64. The molecule has 2 heterocycles. The monoisotopic (exact) mass is 315 g/mol. The lowest BCUT2D eigenvalue weighted by Gasteiger charge is -2.45. The molecule has 23 heavy (non-hydrogen) atoms. The maximum absolute atomic E-state index is 12.6. The molecule has 2 bridgehead atoms. The van der Waals surface area contributed by atoms with Crippen LogP contribution in [0.25, 0.3) is 5.57 Å². The van der Waals surface area contributed by atoms with E-state index in [0.29, 0.717) is 0 Å². The van der Waals surface area contributed by atoms with Gasteiger partial charge in [-0.2, -0.15) is 0 Å². The Balaban J connectivity index is 1.84. The van der Waals surface area contributed by atoms with Crippen molar-refractivity contribution in [3.63, 3.8) is 0 Å². The van der Waals surface area contributed by atoms with E-state index in [1.807, 2.05) is 37.8 Å². The largest absolute Gasteiger partial charge is 0.508 e. The van der Waals surface area contributed by atoms with Gasteiger partial charge in [0.1, 0.15) is 11.4 Å². The molecular weight excluding hydrogens is 290 g/mol. The normalized spacial score (nSPS) is 24.1. The second-order valence-electron chi connectivity index (χ2n) is 7.48. The molecule has 3 rings (SSSR count). The van der Waals surface area contributed by atoms with Crippen molar-refractivity contribution in [2.24, 2.45) is 0 Å². The van der Waals surface area contributed by atoms with Gasteiger partial charge >= 0.3 is 6.09 Å². The molecule has 0 aliphatic carbocycles. The highest BCUT2D eigenvalue weighted by molar-refractivity contribution is 5.74. The summed E-state index contributed by atoms with van der Waals surface area (Å²) in [4.78, 5) is 14.5. The topological polar surface area (TPSA) is 49.8 Å². The number of ether oxygens (including phenoxy) is 1. The molecule has 1 saturated heterocycles. The molecule has 1 amide bonds. The third kappa shape index (κ3) is 3.52. The number of carbonyl (C=O) groups is 1. The van der Waals surface area contributed by atoms with E-state index in [9.17, 15) is 9.90 Å². The molecule has 2 atom stereocenters. The number of rotatable bonds is 1. The third-order valence-corrected chi connectivity index (χ3v) is 4.48. The van der Waals surface area contributed by atoms with Crippen LogP contribution in [-0.4, -0.2) is 33.8 Å². The number of fused-ring (bicyclic) bond motifs is 2. The van der Waals surface area contributed by atoms with Gasteiger partial charge in [-0.3, -0.25) is 4.90 Å². The van der Waals surface area contributed by atoms with E-state index in [1.54, 1.807) is 12.1 Å². The van der Waals surface area contributed by atoms with Crippen molar-refractivity contribution in [2.45, 2.75) is 64.1 Å². The van der Waals surface area contributed by atoms with Crippen LogP contribution in [0.15, 0.2) is 30.3 Å². The minimum absolute atomic E-state index is 0.112. The fourth-order valence-electron chi connectivity index (χ4n) is 3.52. The summed E-state index contributed by atoms with van der Waals surface area (Å²) in [5, 5.41) is 9.45. The summed E-state index contributed by atoms with van der Waals surface area (Å²) in [5.41, 5.74) is 1.93. The molecule has 1 N–H and O–H groups in total. The van der Waals surface area contributed by atoms with Crippen molar-refractivity contribution in [3.05, 3.63) is 35.9 Å². The lowest BCUT2D eigenvalue weighted by atomic mass is 9.83. The highest BCUT2D eigenvalue weighted by Crippen LogP contribution is 2.38. The first kappa shape index (κ1) is 15.9. The first-order valence-electron chi connectivity index (χ1n) is 8.35. The number of nitrogens with zero attached hydrogens (tertiary/aromatic N) is 1. The summed E-state index contributed by atoms with van der Waals surface area (Å²) in [6.07, 6.45) is 6.00. The highest BCUT2D eigenvalue weighted by Gasteiger charge is 2.39. The van der Waals surface area contributed by atoms with Gasteiger partial charge in [-0.25, -0.2) is 4.79 Å². The second-order valence-corrected chi connectivity index (χ2v) is 7.48. The maximum atomic E-state index is 12.6. The molecule has 0 saturated carbocycles. The van der Waals surface area contributed by atoms with E-state index in [4.69, 9.17) is 4.74 Å². The number of phenols is 1. The first-order chi connectivity index (χ1) is 10.8. The van der Waals surface area contributed by atoms with E-state index >= 15 is 0 Å². The molecule has 0 aromatic heterocycles. The number of benzene rings is 1. The zero-order valence-electron chi connectivity index (χ0n) is 14.1. The molecule has 1 aromatic rings. The summed E-state index contributed by atoms with van der Waals surface area (Å²) in [5.74, 6) is 0.278. The Morgan fingerprint density at radius 2 is 1.91 bits per heavy atom. The molecule has 124 valence electrons. The van der Waals surface area contributed by atoms with Crippen molar-refractivity contribution in [3.8, 4) is 5.75 Å². The minimum Gasteiger partial charge on any atom is -0.508 e. The van der Waals surface area contributed by atoms with Crippen molar-refractivity contribution >= 4 is 11.7 Å². The number of amides is 1. The molecule has 0 radical (unpaired) electrons. The quantitative estimate of drug-likeness (QED) is 0.839. The minimum atomic E-state index is -0.466. The van der Waals surface area contributed by atoms with Crippen LogP contribution >= 0.6 is 0 Å². The van der Waals surface area contributed by atoms with Gasteiger partial charge in [0.05, 0.1) is 6.04 Å². The average Bonchev–Trinajstić information content (AvgIpc) is 2.44. The van der Waals surface area contributed by atoms with Crippen LogP contribution in [0.3, 0.4) is 0 Å². The van der Waals surface area contributed by atoms with Crippen molar-refractivity contribution in [1.82, 2.24) is 4.90 Å². The lowest BCUT2D eigenvalue weighted by Crippen LogP contribution is -2.53. The number of aromatic hydroxyl groups is 1. The van der Waals surface area contributed by atoms with Crippen LogP contribution in [0.2, 0.25) is 0 Å². The van der Waals surface area contributed by atoms with Crippen LogP contribution < -0.4 is 0 Å². The Hall–Kier alpha value is -1.97. The van der Waals surface area contributed by atoms with Gasteiger partial charge in [0.25, 0.3) is 0 Å². The molecule has 2 aliphatic rings. The van der Waals surface area contributed by atoms with Crippen LogP contribution in [-0.2, 0) is 4.74 Å². The zero-order chi connectivity index (χ0) is 16.6. The Kier molecular flexibility index (Phi) is 4.09. The molecule has 0 spiro atoms. The van der Waals surface area contributed by atoms with Crippen LogP contribution in [0.5, 0.6) is 5.75 Å². The van der Waals surface area contributed by atoms with E-state index < -0.39 is 5.60 Å². The van der Waals surface area contributed by atoms with Gasteiger partial charge < -0.3 is 9.84 Å². The number of hydrogen-bond donors (Lipinski definition) is 1. The van der Waals surface area contributed by atoms with Crippen LogP contribution in [0, 0.1) is 0 Å². The fraction of sp³-hybridized carbons (Fsp3) is 0.526. The summed E-state index contributed by atoms with van der Waals surface area (Å²) < 4.78 is 5.59. The van der Waals surface area contributed by atoms with Crippen molar-refractivity contribution < 1.29 is 14.6 Å². The molecular formula is C19H25NO3. The van der Waals surface area contributed by atoms with Gasteiger partial charge in [0.15, 0.2) is 0 Å². The van der Waals surface area contributed by atoms with Gasteiger partial charge in [0.2, 0.25) is 0 Å².